The number of ketones is 1. The van der Waals surface area contributed by atoms with E-state index in [0.717, 1.165) is 5.71 Å². The van der Waals surface area contributed by atoms with E-state index in [1.165, 1.54) is 0 Å². The molecule has 2 N–H and O–H groups in total. The van der Waals surface area contributed by atoms with E-state index >= 15 is 0 Å². The lowest BCUT2D eigenvalue weighted by Crippen LogP contribution is -1.99. The summed E-state index contributed by atoms with van der Waals surface area (Å²) in [7, 11) is 0. The van der Waals surface area contributed by atoms with Gasteiger partial charge >= 0.3 is 0 Å². The molecule has 0 aliphatic heterocycles. The van der Waals surface area contributed by atoms with E-state index in [4.69, 9.17) is 5.84 Å². The number of nitrogens with two attached hydrogens (primary N) is 1. The Labute approximate surface area is 54.9 Å². The standard InChI is InChI=1S/C6H12N2O/c1-5(8-7)3-4-6(2)9/h3-4,7H2,1-2H3/b8-5-. The molecular weight excluding hydrogens is 116 g/mol. The molecule has 0 aromatic heterocycles. The lowest BCUT2D eigenvalue weighted by atomic mass is 10.2. The molecule has 0 aliphatic rings. The highest BCUT2D eigenvalue weighted by atomic mass is 16.1. The van der Waals surface area contributed by atoms with Gasteiger partial charge in [-0.3, -0.25) is 0 Å². The summed E-state index contributed by atoms with van der Waals surface area (Å²) in [5, 5.41) is 3.42. The number of hydrogen-bond acceptors (Lipinski definition) is 3. The fraction of sp³-hybridized carbons (Fsp3) is 0.667. The Bertz CT molecular complexity index is 129. The maximum absolute atomic E-state index is 10.4. The monoisotopic (exact) mass is 128 g/mol. The van der Waals surface area contributed by atoms with Crippen molar-refractivity contribution in [2.75, 3.05) is 0 Å². The van der Waals surface area contributed by atoms with E-state index in [-0.39, 0.29) is 5.78 Å². The van der Waals surface area contributed by atoms with Crippen molar-refractivity contribution in [3.8, 4) is 0 Å². The van der Waals surface area contributed by atoms with Crippen molar-refractivity contribution in [2.24, 2.45) is 10.9 Å². The Morgan fingerprint density at radius 2 is 2.00 bits per heavy atom. The Morgan fingerprint density at radius 1 is 1.44 bits per heavy atom. The van der Waals surface area contributed by atoms with Crippen LogP contribution < -0.4 is 5.84 Å². The summed E-state index contributed by atoms with van der Waals surface area (Å²) in [4.78, 5) is 10.4. The molecule has 0 saturated heterocycles. The van der Waals surface area contributed by atoms with Crippen LogP contribution >= 0.6 is 0 Å². The van der Waals surface area contributed by atoms with Crippen LogP contribution in [0.25, 0.3) is 0 Å². The van der Waals surface area contributed by atoms with Crippen LogP contribution in [0, 0.1) is 0 Å². The maximum atomic E-state index is 10.4. The second kappa shape index (κ2) is 4.06. The summed E-state index contributed by atoms with van der Waals surface area (Å²) in [5.74, 6) is 5.11. The summed E-state index contributed by atoms with van der Waals surface area (Å²) in [5.41, 5.74) is 0.824. The van der Waals surface area contributed by atoms with Gasteiger partial charge in [-0.2, -0.15) is 5.10 Å². The second-order valence-electron chi connectivity index (χ2n) is 2.07. The van der Waals surface area contributed by atoms with Crippen LogP contribution in [-0.4, -0.2) is 11.5 Å². The topological polar surface area (TPSA) is 55.5 Å². The van der Waals surface area contributed by atoms with Crippen molar-refractivity contribution >= 4 is 11.5 Å². The van der Waals surface area contributed by atoms with Crippen LogP contribution in [0.2, 0.25) is 0 Å². The third kappa shape index (κ3) is 5.00. The maximum Gasteiger partial charge on any atom is 0.130 e. The zero-order chi connectivity index (χ0) is 7.28. The number of nitrogens with zero attached hydrogens (tertiary/aromatic N) is 1. The van der Waals surface area contributed by atoms with Crippen molar-refractivity contribution in [1.29, 1.82) is 0 Å². The number of hydrogen-bond donors (Lipinski definition) is 1. The van der Waals surface area contributed by atoms with Crippen molar-refractivity contribution in [3.63, 3.8) is 0 Å². The highest BCUT2D eigenvalue weighted by molar-refractivity contribution is 5.86. The first-order valence-electron chi connectivity index (χ1n) is 2.89. The molecule has 3 nitrogen and oxygen atoms in total. The molecule has 0 saturated carbocycles. The molecule has 3 heteroatoms. The normalized spacial score (nSPS) is 11.6. The first-order valence-corrected chi connectivity index (χ1v) is 2.89. The van der Waals surface area contributed by atoms with Gasteiger partial charge in [-0.15, -0.1) is 0 Å². The molecule has 0 bridgehead atoms. The molecule has 0 fully saturated rings. The van der Waals surface area contributed by atoms with Gasteiger partial charge in [0, 0.05) is 12.1 Å². The van der Waals surface area contributed by atoms with Crippen molar-refractivity contribution in [3.05, 3.63) is 0 Å². The van der Waals surface area contributed by atoms with Crippen LogP contribution in [0.5, 0.6) is 0 Å². The molecule has 0 unspecified atom stereocenters. The summed E-state index contributed by atoms with van der Waals surface area (Å²) in [6.45, 7) is 3.37. The minimum Gasteiger partial charge on any atom is -0.323 e. The Hall–Kier alpha value is -0.860. The largest absolute Gasteiger partial charge is 0.323 e. The number of carbonyl (C=O) groups excluding carboxylic acids is 1. The van der Waals surface area contributed by atoms with Gasteiger partial charge in [-0.1, -0.05) is 0 Å². The van der Waals surface area contributed by atoms with Crippen LogP contribution in [-0.2, 0) is 4.79 Å². The van der Waals surface area contributed by atoms with Gasteiger partial charge in [0.2, 0.25) is 0 Å². The number of Topliss-reactive ketones (excluding diaryl/α,β-unsaturated/α-hetero) is 1. The van der Waals surface area contributed by atoms with Crippen molar-refractivity contribution in [1.82, 2.24) is 0 Å². The van der Waals surface area contributed by atoms with E-state index in [1.54, 1.807) is 6.92 Å². The number of carbonyl (C=O) groups is 1. The van der Waals surface area contributed by atoms with E-state index in [0.29, 0.717) is 12.8 Å². The third-order valence-corrected chi connectivity index (χ3v) is 1.06. The number of hydrazone groups is 1. The van der Waals surface area contributed by atoms with E-state index < -0.39 is 0 Å². The molecule has 0 atom stereocenters. The average molecular weight is 128 g/mol. The second-order valence-corrected chi connectivity index (χ2v) is 2.07. The van der Waals surface area contributed by atoms with Crippen molar-refractivity contribution < 1.29 is 4.79 Å². The Morgan fingerprint density at radius 3 is 2.33 bits per heavy atom. The van der Waals surface area contributed by atoms with E-state index in [2.05, 4.69) is 5.10 Å². The predicted octanol–water partition coefficient (Wildman–Crippen LogP) is 0.690. The van der Waals surface area contributed by atoms with Gasteiger partial charge in [0.25, 0.3) is 0 Å². The summed E-state index contributed by atoms with van der Waals surface area (Å²) in [6.07, 6.45) is 1.23. The first-order chi connectivity index (χ1) is 4.16. The zero-order valence-corrected chi connectivity index (χ0v) is 5.85. The minimum atomic E-state index is 0.179. The molecule has 0 aliphatic carbocycles. The fourth-order valence-electron chi connectivity index (χ4n) is 0.421. The number of rotatable bonds is 3. The predicted molar refractivity (Wildman–Crippen MR) is 37.2 cm³/mol. The molecule has 0 aromatic carbocycles. The van der Waals surface area contributed by atoms with Crippen LogP contribution in [0.4, 0.5) is 0 Å². The Balaban J connectivity index is 3.39. The SMILES string of the molecule is CC(=O)CC/C(C)=N\N. The third-order valence-electron chi connectivity index (χ3n) is 1.06. The summed E-state index contributed by atoms with van der Waals surface area (Å²) >= 11 is 0. The van der Waals surface area contributed by atoms with Crippen molar-refractivity contribution in [2.45, 2.75) is 26.7 Å². The molecule has 0 radical (unpaired) electrons. The first kappa shape index (κ1) is 8.14. The highest BCUT2D eigenvalue weighted by Gasteiger charge is 1.94. The molecule has 52 valence electrons. The molecule has 0 amide bonds. The summed E-state index contributed by atoms with van der Waals surface area (Å²) < 4.78 is 0. The smallest absolute Gasteiger partial charge is 0.130 e. The highest BCUT2D eigenvalue weighted by Crippen LogP contribution is 1.91. The van der Waals surface area contributed by atoms with Gasteiger partial charge in [0.05, 0.1) is 0 Å². The quantitative estimate of drug-likeness (QED) is 0.345. The molecule has 9 heavy (non-hydrogen) atoms. The van der Waals surface area contributed by atoms with Gasteiger partial charge in [0.1, 0.15) is 5.78 Å². The van der Waals surface area contributed by atoms with Gasteiger partial charge in [-0.05, 0) is 20.3 Å². The molecule has 0 rings (SSSR count). The van der Waals surface area contributed by atoms with Gasteiger partial charge in [0.15, 0.2) is 0 Å². The molecule has 0 spiro atoms. The Kier molecular flexibility index (Phi) is 3.67. The molecule has 0 heterocycles. The van der Waals surface area contributed by atoms with Crippen LogP contribution in [0.15, 0.2) is 5.10 Å². The van der Waals surface area contributed by atoms with Gasteiger partial charge < -0.3 is 10.6 Å². The van der Waals surface area contributed by atoms with Gasteiger partial charge in [-0.25, -0.2) is 0 Å². The van der Waals surface area contributed by atoms with E-state index in [9.17, 15) is 4.79 Å². The van der Waals surface area contributed by atoms with Crippen LogP contribution in [0.1, 0.15) is 26.7 Å². The minimum absolute atomic E-state index is 0.179. The zero-order valence-electron chi connectivity index (χ0n) is 5.85. The molecular formula is C6H12N2O. The lowest BCUT2D eigenvalue weighted by molar-refractivity contribution is -0.116. The summed E-state index contributed by atoms with van der Waals surface area (Å²) in [6, 6.07) is 0. The average Bonchev–Trinajstić information content (AvgIpc) is 1.83. The van der Waals surface area contributed by atoms with E-state index in [1.807, 2.05) is 6.92 Å². The van der Waals surface area contributed by atoms with Crippen LogP contribution in [0.3, 0.4) is 0 Å². The lowest BCUT2D eigenvalue weighted by Gasteiger charge is -1.92. The fourth-order valence-corrected chi connectivity index (χ4v) is 0.421. The molecule has 0 aromatic rings.